The number of aromatic nitrogens is 1. The molecule has 3 rings (SSSR count). The number of amides is 1. The fourth-order valence-corrected chi connectivity index (χ4v) is 2.65. The van der Waals surface area contributed by atoms with Gasteiger partial charge in [-0.1, -0.05) is 28.9 Å². The molecular formula is C18H11ClFN3O2. The number of rotatable bonds is 3. The van der Waals surface area contributed by atoms with E-state index >= 15 is 0 Å². The van der Waals surface area contributed by atoms with E-state index < -0.39 is 11.7 Å². The molecule has 0 aliphatic carbocycles. The summed E-state index contributed by atoms with van der Waals surface area (Å²) in [5.41, 5.74) is 0.924. The molecule has 1 N–H and O–H groups in total. The number of carbonyl (C=O) groups is 1. The normalized spacial score (nSPS) is 10.3. The van der Waals surface area contributed by atoms with Crippen LogP contribution in [0.25, 0.3) is 11.3 Å². The van der Waals surface area contributed by atoms with Crippen molar-refractivity contribution in [3.8, 4) is 17.3 Å². The Morgan fingerprint density at radius 1 is 1.32 bits per heavy atom. The van der Waals surface area contributed by atoms with Gasteiger partial charge in [0.2, 0.25) is 0 Å². The van der Waals surface area contributed by atoms with Gasteiger partial charge in [0.25, 0.3) is 5.91 Å². The van der Waals surface area contributed by atoms with Crippen molar-refractivity contribution >= 4 is 23.2 Å². The first-order chi connectivity index (χ1) is 12.0. The van der Waals surface area contributed by atoms with Crippen molar-refractivity contribution in [2.24, 2.45) is 0 Å². The van der Waals surface area contributed by atoms with Crippen LogP contribution in [0, 0.1) is 24.1 Å². The predicted molar refractivity (Wildman–Crippen MR) is 90.8 cm³/mol. The molecule has 0 bridgehead atoms. The number of hydrogen-bond acceptors (Lipinski definition) is 4. The molecule has 1 heterocycles. The van der Waals surface area contributed by atoms with E-state index in [4.69, 9.17) is 21.4 Å². The van der Waals surface area contributed by atoms with Crippen molar-refractivity contribution in [2.45, 2.75) is 6.92 Å². The second-order valence-corrected chi connectivity index (χ2v) is 5.61. The summed E-state index contributed by atoms with van der Waals surface area (Å²) in [7, 11) is 0. The largest absolute Gasteiger partial charge is 0.360 e. The van der Waals surface area contributed by atoms with Gasteiger partial charge >= 0.3 is 0 Å². The maximum absolute atomic E-state index is 14.2. The molecule has 0 radical (unpaired) electrons. The second kappa shape index (κ2) is 6.75. The summed E-state index contributed by atoms with van der Waals surface area (Å²) in [4.78, 5) is 12.7. The molecule has 0 spiro atoms. The van der Waals surface area contributed by atoms with Gasteiger partial charge in [-0.05, 0) is 37.3 Å². The molecule has 0 saturated carbocycles. The summed E-state index contributed by atoms with van der Waals surface area (Å²) in [6.07, 6.45) is 0. The molecule has 7 heteroatoms. The minimum absolute atomic E-state index is 0.00283. The first-order valence-corrected chi connectivity index (χ1v) is 7.61. The Morgan fingerprint density at radius 3 is 2.80 bits per heavy atom. The van der Waals surface area contributed by atoms with Gasteiger partial charge in [0.1, 0.15) is 22.8 Å². The summed E-state index contributed by atoms with van der Waals surface area (Å²) in [5.74, 6) is -0.923. The maximum Gasteiger partial charge on any atom is 0.261 e. The van der Waals surface area contributed by atoms with Crippen molar-refractivity contribution in [1.82, 2.24) is 5.16 Å². The van der Waals surface area contributed by atoms with E-state index in [0.717, 1.165) is 0 Å². The summed E-state index contributed by atoms with van der Waals surface area (Å²) in [6, 6.07) is 12.6. The van der Waals surface area contributed by atoms with Crippen LogP contribution in [0.5, 0.6) is 0 Å². The Hall–Kier alpha value is -3.17. The minimum Gasteiger partial charge on any atom is -0.360 e. The SMILES string of the molecule is Cc1onc(-c2c(F)cccc2Cl)c1C(=O)Nc1cccc(C#N)c1. The highest BCUT2D eigenvalue weighted by molar-refractivity contribution is 6.33. The fourth-order valence-electron chi connectivity index (χ4n) is 2.39. The van der Waals surface area contributed by atoms with Gasteiger partial charge in [0.15, 0.2) is 0 Å². The van der Waals surface area contributed by atoms with Crippen molar-refractivity contribution in [3.63, 3.8) is 0 Å². The quantitative estimate of drug-likeness (QED) is 0.746. The number of carbonyl (C=O) groups excluding carboxylic acids is 1. The Bertz CT molecular complexity index is 988. The van der Waals surface area contributed by atoms with Gasteiger partial charge in [-0.25, -0.2) is 4.39 Å². The molecule has 0 aliphatic heterocycles. The van der Waals surface area contributed by atoms with Gasteiger partial charge in [0.05, 0.1) is 22.2 Å². The summed E-state index contributed by atoms with van der Waals surface area (Å²) >= 11 is 6.06. The third kappa shape index (κ3) is 3.23. The Balaban J connectivity index is 2.02. The number of halogens is 2. The van der Waals surface area contributed by atoms with Crippen LogP contribution in [0.15, 0.2) is 47.0 Å². The van der Waals surface area contributed by atoms with Crippen LogP contribution >= 0.6 is 11.6 Å². The molecule has 0 atom stereocenters. The van der Waals surface area contributed by atoms with Crippen LogP contribution in [0.1, 0.15) is 21.7 Å². The average molecular weight is 356 g/mol. The van der Waals surface area contributed by atoms with Gasteiger partial charge in [-0.2, -0.15) is 5.26 Å². The Kier molecular flexibility index (Phi) is 4.50. The molecule has 2 aromatic carbocycles. The molecule has 0 saturated heterocycles. The van der Waals surface area contributed by atoms with Crippen molar-refractivity contribution in [2.75, 3.05) is 5.32 Å². The molecular weight excluding hydrogens is 345 g/mol. The maximum atomic E-state index is 14.2. The molecule has 124 valence electrons. The first-order valence-electron chi connectivity index (χ1n) is 7.23. The molecule has 25 heavy (non-hydrogen) atoms. The molecule has 0 unspecified atom stereocenters. The number of aryl methyl sites for hydroxylation is 1. The molecule has 0 fully saturated rings. The Morgan fingerprint density at radius 2 is 2.08 bits per heavy atom. The van der Waals surface area contributed by atoms with E-state index in [1.54, 1.807) is 25.1 Å². The van der Waals surface area contributed by atoms with E-state index in [1.807, 2.05) is 6.07 Å². The lowest BCUT2D eigenvalue weighted by Gasteiger charge is -2.07. The van der Waals surface area contributed by atoms with Crippen LogP contribution in [0.4, 0.5) is 10.1 Å². The highest BCUT2D eigenvalue weighted by Gasteiger charge is 2.25. The number of benzene rings is 2. The number of anilines is 1. The minimum atomic E-state index is -0.610. The van der Waals surface area contributed by atoms with E-state index in [2.05, 4.69) is 10.5 Å². The van der Waals surface area contributed by atoms with Gasteiger partial charge < -0.3 is 9.84 Å². The zero-order chi connectivity index (χ0) is 18.0. The molecule has 3 aromatic rings. The van der Waals surface area contributed by atoms with E-state index in [-0.39, 0.29) is 27.6 Å². The van der Waals surface area contributed by atoms with E-state index in [9.17, 15) is 9.18 Å². The number of hydrogen-bond donors (Lipinski definition) is 1. The van der Waals surface area contributed by atoms with Crippen molar-refractivity contribution in [3.05, 3.63) is 70.2 Å². The first kappa shape index (κ1) is 16.7. The smallest absolute Gasteiger partial charge is 0.261 e. The summed E-state index contributed by atoms with van der Waals surface area (Å²) in [5, 5.41) is 15.5. The van der Waals surface area contributed by atoms with Gasteiger partial charge in [0, 0.05) is 5.69 Å². The number of nitrogens with one attached hydrogen (secondary N) is 1. The number of nitrogens with zero attached hydrogens (tertiary/aromatic N) is 2. The fraction of sp³-hybridized carbons (Fsp3) is 0.0556. The van der Waals surface area contributed by atoms with E-state index in [0.29, 0.717) is 11.3 Å². The zero-order valence-corrected chi connectivity index (χ0v) is 13.8. The predicted octanol–water partition coefficient (Wildman–Crippen LogP) is 4.57. The summed E-state index contributed by atoms with van der Waals surface area (Å²) in [6.45, 7) is 1.55. The molecule has 0 aliphatic rings. The Labute approximate surface area is 147 Å². The van der Waals surface area contributed by atoms with Crippen LogP contribution in [-0.4, -0.2) is 11.1 Å². The highest BCUT2D eigenvalue weighted by Crippen LogP contribution is 2.33. The summed E-state index contributed by atoms with van der Waals surface area (Å²) < 4.78 is 19.3. The van der Waals surface area contributed by atoms with Crippen LogP contribution in [0.2, 0.25) is 5.02 Å². The topological polar surface area (TPSA) is 78.9 Å². The lowest BCUT2D eigenvalue weighted by atomic mass is 10.0. The lowest BCUT2D eigenvalue weighted by molar-refractivity contribution is 0.102. The van der Waals surface area contributed by atoms with E-state index in [1.165, 1.54) is 24.3 Å². The molecule has 1 aromatic heterocycles. The second-order valence-electron chi connectivity index (χ2n) is 5.21. The van der Waals surface area contributed by atoms with Crippen LogP contribution in [-0.2, 0) is 0 Å². The third-order valence-electron chi connectivity index (χ3n) is 3.54. The average Bonchev–Trinajstić information content (AvgIpc) is 2.96. The third-order valence-corrected chi connectivity index (χ3v) is 3.85. The molecule has 1 amide bonds. The monoisotopic (exact) mass is 355 g/mol. The molecule has 5 nitrogen and oxygen atoms in total. The van der Waals surface area contributed by atoms with Crippen LogP contribution in [0.3, 0.4) is 0 Å². The van der Waals surface area contributed by atoms with Crippen molar-refractivity contribution < 1.29 is 13.7 Å². The zero-order valence-electron chi connectivity index (χ0n) is 13.0. The van der Waals surface area contributed by atoms with Gasteiger partial charge in [-0.3, -0.25) is 4.79 Å². The number of nitriles is 1. The van der Waals surface area contributed by atoms with Crippen LogP contribution < -0.4 is 5.32 Å². The standard InChI is InChI=1S/C18H11ClFN3O2/c1-10-15(18(24)22-12-5-2-4-11(8-12)9-21)17(23-25-10)16-13(19)6-3-7-14(16)20/h2-8H,1H3,(H,22,24). The highest BCUT2D eigenvalue weighted by atomic mass is 35.5. The lowest BCUT2D eigenvalue weighted by Crippen LogP contribution is -2.13. The van der Waals surface area contributed by atoms with Gasteiger partial charge in [-0.15, -0.1) is 0 Å². The van der Waals surface area contributed by atoms with Crippen molar-refractivity contribution in [1.29, 1.82) is 5.26 Å².